The summed E-state index contributed by atoms with van der Waals surface area (Å²) in [6, 6.07) is 27.1. The van der Waals surface area contributed by atoms with Crippen molar-refractivity contribution in [3.63, 3.8) is 0 Å². The maximum absolute atomic E-state index is 11.1. The van der Waals surface area contributed by atoms with Crippen LogP contribution in [0.3, 0.4) is 0 Å². The minimum atomic E-state index is -0.623. The summed E-state index contributed by atoms with van der Waals surface area (Å²) in [4.78, 5) is 13.3. The smallest absolute Gasteiger partial charge is 0.281 e. The van der Waals surface area contributed by atoms with Gasteiger partial charge >= 0.3 is 0 Å². The molecule has 0 spiro atoms. The van der Waals surface area contributed by atoms with Gasteiger partial charge in [0.2, 0.25) is 0 Å². The first kappa shape index (κ1) is 24.3. The van der Waals surface area contributed by atoms with Crippen molar-refractivity contribution in [1.29, 1.82) is 0 Å². The van der Waals surface area contributed by atoms with Crippen LogP contribution >= 0.6 is 0 Å². The monoisotopic (exact) mass is 450 g/mol. The van der Waals surface area contributed by atoms with Crippen molar-refractivity contribution in [3.8, 4) is 11.5 Å². The lowest BCUT2D eigenvalue weighted by Gasteiger charge is -2.25. The molecule has 0 saturated heterocycles. The molecule has 0 fully saturated rings. The van der Waals surface area contributed by atoms with E-state index in [-0.39, 0.29) is 13.2 Å². The van der Waals surface area contributed by atoms with E-state index in [4.69, 9.17) is 14.7 Å². The molecule has 0 radical (unpaired) electrons. The number of carbonyl (C=O) groups is 1. The maximum Gasteiger partial charge on any atom is 0.281 e. The Labute approximate surface area is 194 Å². The number of amides is 1. The molecule has 3 N–H and O–H groups in total. The van der Waals surface area contributed by atoms with Crippen molar-refractivity contribution in [2.24, 2.45) is 0 Å². The maximum atomic E-state index is 11.1. The van der Waals surface area contributed by atoms with Crippen LogP contribution < -0.4 is 15.0 Å². The number of hydrogen-bond donors (Lipinski definition) is 3. The van der Waals surface area contributed by atoms with E-state index in [1.807, 2.05) is 60.7 Å². The van der Waals surface area contributed by atoms with Gasteiger partial charge in [-0.15, -0.1) is 0 Å². The molecule has 1 atom stereocenters. The second-order valence-corrected chi connectivity index (χ2v) is 7.72. The summed E-state index contributed by atoms with van der Waals surface area (Å²) in [6.45, 7) is 1.94. The zero-order valence-corrected chi connectivity index (χ0v) is 18.5. The fourth-order valence-electron chi connectivity index (χ4n) is 3.36. The number of ether oxygens (including phenoxy) is 2. The Bertz CT molecular complexity index is 951. The van der Waals surface area contributed by atoms with Gasteiger partial charge in [0.25, 0.3) is 5.91 Å². The number of hydroxylamine groups is 1. The van der Waals surface area contributed by atoms with Gasteiger partial charge in [-0.1, -0.05) is 60.7 Å². The molecule has 33 heavy (non-hydrogen) atoms. The summed E-state index contributed by atoms with van der Waals surface area (Å²) in [6.07, 6.45) is 0.165. The van der Waals surface area contributed by atoms with E-state index in [9.17, 15) is 9.90 Å². The molecule has 0 bridgehead atoms. The third-order valence-corrected chi connectivity index (χ3v) is 5.04. The number of rotatable bonds is 13. The molecule has 3 aromatic rings. The average molecular weight is 451 g/mol. The van der Waals surface area contributed by atoms with Gasteiger partial charge in [-0.25, -0.2) is 5.48 Å². The zero-order valence-electron chi connectivity index (χ0n) is 18.5. The van der Waals surface area contributed by atoms with E-state index in [0.717, 1.165) is 30.8 Å². The lowest BCUT2D eigenvalue weighted by Crippen LogP contribution is -2.36. The summed E-state index contributed by atoms with van der Waals surface area (Å²) in [5.74, 6) is 0.687. The fourth-order valence-corrected chi connectivity index (χ4v) is 3.36. The minimum Gasteiger partial charge on any atom is -0.491 e. The lowest BCUT2D eigenvalue weighted by atomic mass is 10.1. The standard InChI is InChI=1S/C26H30N2O5/c29-23(19-32-24-9-5-2-6-10-24)18-28(17-22-7-3-1-4-8-22)16-15-21-11-13-25(14-12-21)33-20-26(30)27-31/h1-14,23,29,31H,15-20H2,(H,27,30). The summed E-state index contributed by atoms with van der Waals surface area (Å²) in [5, 5.41) is 19.1. The van der Waals surface area contributed by atoms with E-state index < -0.39 is 12.0 Å². The van der Waals surface area contributed by atoms with E-state index in [0.29, 0.717) is 12.3 Å². The summed E-state index contributed by atoms with van der Waals surface area (Å²) >= 11 is 0. The van der Waals surface area contributed by atoms with E-state index in [2.05, 4.69) is 17.0 Å². The van der Waals surface area contributed by atoms with Crippen molar-refractivity contribution in [3.05, 3.63) is 96.1 Å². The molecule has 3 rings (SSSR count). The molecule has 0 aromatic heterocycles. The topological polar surface area (TPSA) is 91.3 Å². The van der Waals surface area contributed by atoms with Crippen LogP contribution in [0.1, 0.15) is 11.1 Å². The first-order chi connectivity index (χ1) is 16.1. The van der Waals surface area contributed by atoms with Crippen LogP contribution in [0.15, 0.2) is 84.9 Å². The first-order valence-corrected chi connectivity index (χ1v) is 10.9. The third-order valence-electron chi connectivity index (χ3n) is 5.04. The van der Waals surface area contributed by atoms with Gasteiger partial charge in [0.1, 0.15) is 24.2 Å². The van der Waals surface area contributed by atoms with Crippen LogP contribution in [0, 0.1) is 0 Å². The van der Waals surface area contributed by atoms with Crippen molar-refractivity contribution < 1.29 is 24.6 Å². The van der Waals surface area contributed by atoms with Crippen molar-refractivity contribution in [1.82, 2.24) is 10.4 Å². The SMILES string of the molecule is O=C(COc1ccc(CCN(Cc2ccccc2)CC(O)COc2ccccc2)cc1)NO. The molecule has 0 heterocycles. The van der Waals surface area contributed by atoms with Gasteiger partial charge in [-0.3, -0.25) is 14.9 Å². The molecule has 0 aliphatic carbocycles. The van der Waals surface area contributed by atoms with Crippen molar-refractivity contribution in [2.45, 2.75) is 19.1 Å². The Morgan fingerprint density at radius 3 is 2.15 bits per heavy atom. The van der Waals surface area contributed by atoms with Crippen LogP contribution in [0.25, 0.3) is 0 Å². The quantitative estimate of drug-likeness (QED) is 0.274. The van der Waals surface area contributed by atoms with Crippen LogP contribution in [-0.4, -0.2) is 53.5 Å². The summed E-state index contributed by atoms with van der Waals surface area (Å²) < 4.78 is 11.0. The highest BCUT2D eigenvalue weighted by Crippen LogP contribution is 2.14. The number of carbonyl (C=O) groups excluding carboxylic acids is 1. The molecule has 1 unspecified atom stereocenters. The molecule has 3 aromatic carbocycles. The second-order valence-electron chi connectivity index (χ2n) is 7.72. The van der Waals surface area contributed by atoms with Crippen LogP contribution in [-0.2, 0) is 17.8 Å². The molecule has 0 saturated carbocycles. The Morgan fingerprint density at radius 1 is 0.848 bits per heavy atom. The zero-order chi connectivity index (χ0) is 23.3. The number of aliphatic hydroxyl groups excluding tert-OH is 1. The number of benzene rings is 3. The van der Waals surface area contributed by atoms with E-state index in [1.165, 1.54) is 11.0 Å². The Balaban J connectivity index is 1.54. The molecule has 0 aliphatic rings. The van der Waals surface area contributed by atoms with Crippen molar-refractivity contribution >= 4 is 5.91 Å². The Morgan fingerprint density at radius 2 is 1.48 bits per heavy atom. The highest BCUT2D eigenvalue weighted by Gasteiger charge is 2.14. The fraction of sp³-hybridized carbons (Fsp3) is 0.269. The Kier molecular flexibility index (Phi) is 9.72. The number of aliphatic hydroxyl groups is 1. The predicted molar refractivity (Wildman–Crippen MR) is 125 cm³/mol. The number of para-hydroxylation sites is 1. The average Bonchev–Trinajstić information content (AvgIpc) is 2.86. The van der Waals surface area contributed by atoms with Gasteiger partial charge in [-0.05, 0) is 41.8 Å². The lowest BCUT2D eigenvalue weighted by molar-refractivity contribution is -0.131. The number of hydrogen-bond acceptors (Lipinski definition) is 6. The van der Waals surface area contributed by atoms with Crippen LogP contribution in [0.5, 0.6) is 11.5 Å². The van der Waals surface area contributed by atoms with E-state index >= 15 is 0 Å². The molecular formula is C26H30N2O5. The van der Waals surface area contributed by atoms with Gasteiger partial charge in [0.15, 0.2) is 6.61 Å². The Hall–Kier alpha value is -3.39. The van der Waals surface area contributed by atoms with Crippen LogP contribution in [0.2, 0.25) is 0 Å². The number of nitrogens with zero attached hydrogens (tertiary/aromatic N) is 1. The third kappa shape index (κ3) is 8.94. The van der Waals surface area contributed by atoms with Crippen LogP contribution in [0.4, 0.5) is 0 Å². The van der Waals surface area contributed by atoms with Gasteiger partial charge in [0.05, 0.1) is 0 Å². The highest BCUT2D eigenvalue weighted by molar-refractivity contribution is 5.76. The van der Waals surface area contributed by atoms with Crippen molar-refractivity contribution in [2.75, 3.05) is 26.3 Å². The molecule has 174 valence electrons. The predicted octanol–water partition coefficient (Wildman–Crippen LogP) is 3.06. The van der Waals surface area contributed by atoms with E-state index in [1.54, 1.807) is 12.1 Å². The minimum absolute atomic E-state index is 0.225. The van der Waals surface area contributed by atoms with Gasteiger partial charge in [0, 0.05) is 19.6 Å². The van der Waals surface area contributed by atoms with Gasteiger partial charge < -0.3 is 14.6 Å². The first-order valence-electron chi connectivity index (χ1n) is 10.9. The summed E-state index contributed by atoms with van der Waals surface area (Å²) in [7, 11) is 0. The molecular weight excluding hydrogens is 420 g/mol. The number of nitrogens with one attached hydrogen (secondary N) is 1. The van der Waals surface area contributed by atoms with Gasteiger partial charge in [-0.2, -0.15) is 0 Å². The molecule has 0 aliphatic heterocycles. The normalized spacial score (nSPS) is 11.7. The molecule has 7 nitrogen and oxygen atoms in total. The molecule has 1 amide bonds. The second kappa shape index (κ2) is 13.2. The largest absolute Gasteiger partial charge is 0.491 e. The summed E-state index contributed by atoms with van der Waals surface area (Å²) in [5.41, 5.74) is 3.83. The molecule has 7 heteroatoms. The highest BCUT2D eigenvalue weighted by atomic mass is 16.5.